The van der Waals surface area contributed by atoms with Crippen molar-refractivity contribution in [3.8, 4) is 0 Å². The second kappa shape index (κ2) is 6.69. The second-order valence-electron chi connectivity index (χ2n) is 4.54. The fourth-order valence-corrected chi connectivity index (χ4v) is 2.90. The van der Waals surface area contributed by atoms with Gasteiger partial charge in [-0.05, 0) is 42.4 Å². The van der Waals surface area contributed by atoms with E-state index in [0.29, 0.717) is 5.69 Å². The standard InChI is InChI=1S/C15H17FN2O2S/c1-2-17-11-12-6-8-14(9-7-12)18-21(19,20)15-5-3-4-13(16)10-15/h3-10,17-18H,2,11H2,1H3. The summed E-state index contributed by atoms with van der Waals surface area (Å²) in [4.78, 5) is -0.0979. The van der Waals surface area contributed by atoms with Crippen molar-refractivity contribution in [1.29, 1.82) is 0 Å². The van der Waals surface area contributed by atoms with Crippen LogP contribution >= 0.6 is 0 Å². The van der Waals surface area contributed by atoms with E-state index in [1.54, 1.807) is 12.1 Å². The molecule has 6 heteroatoms. The summed E-state index contributed by atoms with van der Waals surface area (Å²) in [6.45, 7) is 3.61. The first kappa shape index (κ1) is 15.5. The highest BCUT2D eigenvalue weighted by molar-refractivity contribution is 7.92. The molecule has 0 aromatic heterocycles. The molecule has 0 amide bonds. The van der Waals surface area contributed by atoms with Gasteiger partial charge in [0, 0.05) is 12.2 Å². The Morgan fingerprint density at radius 3 is 2.43 bits per heavy atom. The van der Waals surface area contributed by atoms with Crippen molar-refractivity contribution >= 4 is 15.7 Å². The van der Waals surface area contributed by atoms with E-state index in [-0.39, 0.29) is 4.90 Å². The van der Waals surface area contributed by atoms with Crippen molar-refractivity contribution in [2.45, 2.75) is 18.4 Å². The highest BCUT2D eigenvalue weighted by atomic mass is 32.2. The number of hydrogen-bond acceptors (Lipinski definition) is 3. The van der Waals surface area contributed by atoms with E-state index >= 15 is 0 Å². The Labute approximate surface area is 124 Å². The van der Waals surface area contributed by atoms with Crippen LogP contribution in [0.5, 0.6) is 0 Å². The van der Waals surface area contributed by atoms with E-state index in [0.717, 1.165) is 24.7 Å². The SMILES string of the molecule is CCNCc1ccc(NS(=O)(=O)c2cccc(F)c2)cc1. The zero-order valence-corrected chi connectivity index (χ0v) is 12.5. The molecule has 0 fully saturated rings. The van der Waals surface area contributed by atoms with E-state index in [4.69, 9.17) is 0 Å². The van der Waals surface area contributed by atoms with E-state index in [9.17, 15) is 12.8 Å². The smallest absolute Gasteiger partial charge is 0.261 e. The molecule has 0 unspecified atom stereocenters. The Kier molecular flexibility index (Phi) is 4.93. The Morgan fingerprint density at radius 2 is 1.81 bits per heavy atom. The van der Waals surface area contributed by atoms with Crippen LogP contribution in [0.2, 0.25) is 0 Å². The molecule has 0 heterocycles. The van der Waals surface area contributed by atoms with Crippen molar-refractivity contribution in [3.05, 3.63) is 59.9 Å². The number of nitrogens with one attached hydrogen (secondary N) is 2. The van der Waals surface area contributed by atoms with Gasteiger partial charge in [0.15, 0.2) is 0 Å². The third-order valence-corrected chi connectivity index (χ3v) is 4.27. The molecule has 0 atom stereocenters. The molecule has 2 aromatic carbocycles. The molecular weight excluding hydrogens is 291 g/mol. The van der Waals surface area contributed by atoms with Crippen LogP contribution in [0.15, 0.2) is 53.4 Å². The van der Waals surface area contributed by atoms with Gasteiger partial charge in [-0.25, -0.2) is 12.8 Å². The minimum Gasteiger partial charge on any atom is -0.313 e. The third-order valence-electron chi connectivity index (χ3n) is 2.89. The van der Waals surface area contributed by atoms with Gasteiger partial charge in [-0.15, -0.1) is 0 Å². The Bertz CT molecular complexity index is 700. The minimum absolute atomic E-state index is 0.0979. The van der Waals surface area contributed by atoms with Crippen LogP contribution in [0, 0.1) is 5.82 Å². The summed E-state index contributed by atoms with van der Waals surface area (Å²) in [5.74, 6) is -0.584. The molecule has 21 heavy (non-hydrogen) atoms. The minimum atomic E-state index is -3.77. The Balaban J connectivity index is 2.13. The maximum absolute atomic E-state index is 13.1. The van der Waals surface area contributed by atoms with Crippen LogP contribution in [0.3, 0.4) is 0 Å². The Morgan fingerprint density at radius 1 is 1.10 bits per heavy atom. The van der Waals surface area contributed by atoms with Gasteiger partial charge in [-0.3, -0.25) is 4.72 Å². The molecule has 4 nitrogen and oxygen atoms in total. The third kappa shape index (κ3) is 4.27. The van der Waals surface area contributed by atoms with Crippen LogP contribution in [-0.2, 0) is 16.6 Å². The molecule has 2 aromatic rings. The van der Waals surface area contributed by atoms with Gasteiger partial charge in [0.1, 0.15) is 5.82 Å². The molecule has 0 aliphatic rings. The maximum atomic E-state index is 13.1. The van der Waals surface area contributed by atoms with Crippen molar-refractivity contribution in [1.82, 2.24) is 5.32 Å². The first-order valence-electron chi connectivity index (χ1n) is 6.59. The van der Waals surface area contributed by atoms with Gasteiger partial charge in [-0.1, -0.05) is 25.1 Å². The number of benzene rings is 2. The number of halogens is 1. The van der Waals surface area contributed by atoms with Gasteiger partial charge in [-0.2, -0.15) is 0 Å². The summed E-state index contributed by atoms with van der Waals surface area (Å²) < 4.78 is 39.8. The highest BCUT2D eigenvalue weighted by Gasteiger charge is 2.14. The fraction of sp³-hybridized carbons (Fsp3) is 0.200. The van der Waals surface area contributed by atoms with E-state index in [2.05, 4.69) is 10.0 Å². The molecule has 2 N–H and O–H groups in total. The molecule has 0 aliphatic heterocycles. The van der Waals surface area contributed by atoms with Crippen LogP contribution in [0.1, 0.15) is 12.5 Å². The first-order chi connectivity index (χ1) is 10.0. The van der Waals surface area contributed by atoms with Crippen molar-refractivity contribution in [2.24, 2.45) is 0 Å². The van der Waals surface area contributed by atoms with Gasteiger partial charge >= 0.3 is 0 Å². The lowest BCUT2D eigenvalue weighted by molar-refractivity contribution is 0.595. The average Bonchev–Trinajstić information content (AvgIpc) is 2.46. The van der Waals surface area contributed by atoms with Crippen LogP contribution in [0.4, 0.5) is 10.1 Å². The molecule has 112 valence electrons. The van der Waals surface area contributed by atoms with E-state index in [1.807, 2.05) is 19.1 Å². The number of anilines is 1. The fourth-order valence-electron chi connectivity index (χ4n) is 1.81. The van der Waals surface area contributed by atoms with Crippen molar-refractivity contribution in [2.75, 3.05) is 11.3 Å². The van der Waals surface area contributed by atoms with Crippen LogP contribution in [-0.4, -0.2) is 15.0 Å². The van der Waals surface area contributed by atoms with Crippen molar-refractivity contribution in [3.63, 3.8) is 0 Å². The summed E-state index contributed by atoms with van der Waals surface area (Å²) in [7, 11) is -3.77. The lowest BCUT2D eigenvalue weighted by Gasteiger charge is -2.09. The Hall–Kier alpha value is -1.92. The van der Waals surface area contributed by atoms with E-state index < -0.39 is 15.8 Å². The number of rotatable bonds is 6. The molecule has 0 saturated carbocycles. The molecule has 2 rings (SSSR count). The summed E-state index contributed by atoms with van der Waals surface area (Å²) in [5.41, 5.74) is 1.50. The monoisotopic (exact) mass is 308 g/mol. The lowest BCUT2D eigenvalue weighted by Crippen LogP contribution is -2.14. The van der Waals surface area contributed by atoms with Gasteiger partial charge in [0.2, 0.25) is 0 Å². The molecule has 0 bridgehead atoms. The summed E-state index contributed by atoms with van der Waals surface area (Å²) in [6, 6.07) is 12.0. The van der Waals surface area contributed by atoms with Crippen molar-refractivity contribution < 1.29 is 12.8 Å². The normalized spacial score (nSPS) is 11.3. The number of sulfonamides is 1. The van der Waals surface area contributed by atoms with Crippen LogP contribution in [0.25, 0.3) is 0 Å². The summed E-state index contributed by atoms with van der Waals surface area (Å²) in [6.07, 6.45) is 0. The zero-order chi connectivity index (χ0) is 15.3. The average molecular weight is 308 g/mol. The quantitative estimate of drug-likeness (QED) is 0.862. The summed E-state index contributed by atoms with van der Waals surface area (Å²) >= 11 is 0. The maximum Gasteiger partial charge on any atom is 0.261 e. The van der Waals surface area contributed by atoms with Gasteiger partial charge in [0.25, 0.3) is 10.0 Å². The molecule has 0 radical (unpaired) electrons. The predicted molar refractivity (Wildman–Crippen MR) is 81.0 cm³/mol. The predicted octanol–water partition coefficient (Wildman–Crippen LogP) is 2.74. The van der Waals surface area contributed by atoms with Gasteiger partial charge < -0.3 is 5.32 Å². The van der Waals surface area contributed by atoms with E-state index in [1.165, 1.54) is 18.2 Å². The second-order valence-corrected chi connectivity index (χ2v) is 6.22. The van der Waals surface area contributed by atoms with Gasteiger partial charge in [0.05, 0.1) is 4.90 Å². The topological polar surface area (TPSA) is 58.2 Å². The molecule has 0 aliphatic carbocycles. The zero-order valence-electron chi connectivity index (χ0n) is 11.6. The molecule has 0 saturated heterocycles. The summed E-state index contributed by atoms with van der Waals surface area (Å²) in [5, 5.41) is 3.18. The lowest BCUT2D eigenvalue weighted by atomic mass is 10.2. The number of hydrogen-bond donors (Lipinski definition) is 2. The molecular formula is C15H17FN2O2S. The largest absolute Gasteiger partial charge is 0.313 e. The highest BCUT2D eigenvalue weighted by Crippen LogP contribution is 2.17. The molecule has 0 spiro atoms. The van der Waals surface area contributed by atoms with Crippen LogP contribution < -0.4 is 10.0 Å². The first-order valence-corrected chi connectivity index (χ1v) is 8.07.